The number of carbonyl (C=O) groups is 1. The van der Waals surface area contributed by atoms with Crippen molar-refractivity contribution in [2.75, 3.05) is 19.5 Å². The third-order valence-corrected chi connectivity index (χ3v) is 4.03. The average molecular weight is 383 g/mol. The summed E-state index contributed by atoms with van der Waals surface area (Å²) in [6, 6.07) is 8.00. The zero-order chi connectivity index (χ0) is 20.3. The Balaban J connectivity index is 1.97. The van der Waals surface area contributed by atoms with Crippen molar-refractivity contribution in [3.05, 3.63) is 57.6 Å². The molecule has 3 aromatic rings. The van der Waals surface area contributed by atoms with E-state index >= 15 is 0 Å². The van der Waals surface area contributed by atoms with Crippen molar-refractivity contribution in [1.82, 2.24) is 19.7 Å². The molecule has 0 bridgehead atoms. The molecule has 1 aromatic carbocycles. The second-order valence-electron chi connectivity index (χ2n) is 6.05. The Kier molecular flexibility index (Phi) is 5.44. The molecule has 2 heterocycles. The highest BCUT2D eigenvalue weighted by Crippen LogP contribution is 2.23. The fourth-order valence-electron chi connectivity index (χ4n) is 2.65. The van der Waals surface area contributed by atoms with Crippen molar-refractivity contribution >= 4 is 11.7 Å². The molecule has 0 atom stereocenters. The van der Waals surface area contributed by atoms with Crippen LogP contribution in [0.1, 0.15) is 28.7 Å². The number of anilines is 1. The lowest BCUT2D eigenvalue weighted by atomic mass is 10.2. The number of H-pyrrole nitrogens is 1. The van der Waals surface area contributed by atoms with Gasteiger partial charge in [-0.2, -0.15) is 9.78 Å². The van der Waals surface area contributed by atoms with Crippen molar-refractivity contribution in [2.45, 2.75) is 20.3 Å². The van der Waals surface area contributed by atoms with Gasteiger partial charge in [0.1, 0.15) is 17.3 Å². The van der Waals surface area contributed by atoms with Gasteiger partial charge in [-0.15, -0.1) is 0 Å². The zero-order valence-corrected chi connectivity index (χ0v) is 16.1. The van der Waals surface area contributed by atoms with Crippen LogP contribution >= 0.6 is 0 Å². The van der Waals surface area contributed by atoms with E-state index in [0.29, 0.717) is 40.7 Å². The number of ether oxygens (including phenoxy) is 2. The van der Waals surface area contributed by atoms with E-state index in [2.05, 4.69) is 20.4 Å². The molecule has 0 aliphatic carbocycles. The number of methoxy groups -OCH3 is 2. The summed E-state index contributed by atoms with van der Waals surface area (Å²) in [5.74, 6) is 1.22. The highest BCUT2D eigenvalue weighted by Gasteiger charge is 2.16. The number of hydrogen-bond acceptors (Lipinski definition) is 6. The minimum atomic E-state index is -0.382. The normalized spacial score (nSPS) is 10.6. The number of amides is 1. The Labute approximate surface area is 161 Å². The lowest BCUT2D eigenvalue weighted by molar-refractivity contribution is 0.102. The second-order valence-corrected chi connectivity index (χ2v) is 6.05. The van der Waals surface area contributed by atoms with Gasteiger partial charge in [0.2, 0.25) is 5.95 Å². The predicted octanol–water partition coefficient (Wildman–Crippen LogP) is 2.10. The summed E-state index contributed by atoms with van der Waals surface area (Å²) in [6.45, 7) is 3.68. The molecule has 0 fully saturated rings. The van der Waals surface area contributed by atoms with Crippen LogP contribution in [0.25, 0.3) is 5.95 Å². The summed E-state index contributed by atoms with van der Waals surface area (Å²) in [5.41, 5.74) is 1.35. The van der Waals surface area contributed by atoms with Crippen LogP contribution in [0.2, 0.25) is 0 Å². The first-order valence-corrected chi connectivity index (χ1v) is 8.65. The molecule has 28 heavy (non-hydrogen) atoms. The van der Waals surface area contributed by atoms with Gasteiger partial charge in [0, 0.05) is 29.5 Å². The predicted molar refractivity (Wildman–Crippen MR) is 104 cm³/mol. The highest BCUT2D eigenvalue weighted by atomic mass is 16.5. The number of aryl methyl sites for hydroxylation is 2. The Morgan fingerprint density at radius 1 is 1.14 bits per heavy atom. The van der Waals surface area contributed by atoms with Gasteiger partial charge in [-0.1, -0.05) is 6.92 Å². The monoisotopic (exact) mass is 383 g/mol. The van der Waals surface area contributed by atoms with E-state index in [1.54, 1.807) is 31.2 Å². The molecular formula is C19H21N5O4. The lowest BCUT2D eigenvalue weighted by Crippen LogP contribution is -2.19. The van der Waals surface area contributed by atoms with Crippen molar-refractivity contribution < 1.29 is 14.3 Å². The topological polar surface area (TPSA) is 111 Å². The fourth-order valence-corrected chi connectivity index (χ4v) is 2.65. The Morgan fingerprint density at radius 3 is 2.43 bits per heavy atom. The molecule has 0 aliphatic heterocycles. The van der Waals surface area contributed by atoms with Crippen LogP contribution in [-0.4, -0.2) is 39.9 Å². The van der Waals surface area contributed by atoms with E-state index in [9.17, 15) is 9.59 Å². The average Bonchev–Trinajstić information content (AvgIpc) is 3.06. The number of aromatic amines is 1. The van der Waals surface area contributed by atoms with Gasteiger partial charge in [0.15, 0.2) is 0 Å². The first-order valence-electron chi connectivity index (χ1n) is 8.65. The van der Waals surface area contributed by atoms with Crippen molar-refractivity contribution in [3.63, 3.8) is 0 Å². The number of rotatable bonds is 6. The Morgan fingerprint density at radius 2 is 1.82 bits per heavy atom. The molecule has 0 radical (unpaired) electrons. The van der Waals surface area contributed by atoms with Gasteiger partial charge in [-0.25, -0.2) is 4.98 Å². The van der Waals surface area contributed by atoms with E-state index in [1.807, 2.05) is 6.92 Å². The molecule has 9 nitrogen and oxygen atoms in total. The van der Waals surface area contributed by atoms with Crippen LogP contribution in [-0.2, 0) is 6.42 Å². The summed E-state index contributed by atoms with van der Waals surface area (Å²) >= 11 is 0. The Hall–Kier alpha value is -3.62. The van der Waals surface area contributed by atoms with Crippen LogP contribution in [0, 0.1) is 6.92 Å². The maximum atomic E-state index is 12.8. The van der Waals surface area contributed by atoms with Gasteiger partial charge in [-0.05, 0) is 25.5 Å². The number of nitrogens with zero attached hydrogens (tertiary/aromatic N) is 3. The minimum absolute atomic E-state index is 0.232. The van der Waals surface area contributed by atoms with E-state index in [4.69, 9.17) is 9.47 Å². The molecule has 0 saturated carbocycles. The van der Waals surface area contributed by atoms with Gasteiger partial charge in [0.25, 0.3) is 11.5 Å². The van der Waals surface area contributed by atoms with E-state index < -0.39 is 0 Å². The van der Waals surface area contributed by atoms with Crippen LogP contribution in [0.3, 0.4) is 0 Å². The third kappa shape index (κ3) is 4.03. The molecule has 9 heteroatoms. The van der Waals surface area contributed by atoms with Crippen LogP contribution < -0.4 is 20.3 Å². The van der Waals surface area contributed by atoms with Gasteiger partial charge in [0.05, 0.1) is 19.9 Å². The number of carbonyl (C=O) groups excluding carboxylic acids is 1. The molecule has 2 N–H and O–H groups in total. The summed E-state index contributed by atoms with van der Waals surface area (Å²) in [5, 5.41) is 7.13. The second kappa shape index (κ2) is 7.95. The quantitative estimate of drug-likeness (QED) is 0.674. The molecule has 2 aromatic heterocycles. The first kappa shape index (κ1) is 19.2. The number of benzene rings is 1. The number of nitrogens with one attached hydrogen (secondary N) is 2. The summed E-state index contributed by atoms with van der Waals surface area (Å²) in [7, 11) is 3.02. The molecule has 146 valence electrons. The lowest BCUT2D eigenvalue weighted by Gasteiger charge is -2.11. The van der Waals surface area contributed by atoms with Crippen LogP contribution in [0.4, 0.5) is 5.82 Å². The standard InChI is InChI=1S/C19H21N5O4/c1-5-13-9-17(25)22-19(20-13)24-16(6-11(2)23-24)21-18(26)12-7-14(27-3)10-15(8-12)28-4/h6-10H,5H2,1-4H3,(H,21,26)(H,20,22,25). The third-order valence-electron chi connectivity index (χ3n) is 4.03. The van der Waals surface area contributed by atoms with Gasteiger partial charge in [-0.3, -0.25) is 14.6 Å². The minimum Gasteiger partial charge on any atom is -0.497 e. The van der Waals surface area contributed by atoms with Crippen molar-refractivity contribution in [3.8, 4) is 17.4 Å². The molecular weight excluding hydrogens is 362 g/mol. The summed E-state index contributed by atoms with van der Waals surface area (Å²) < 4.78 is 11.8. The molecule has 0 spiro atoms. The molecule has 1 amide bonds. The van der Waals surface area contributed by atoms with E-state index in [0.717, 1.165) is 0 Å². The Bertz CT molecular complexity index is 1050. The van der Waals surface area contributed by atoms with Gasteiger partial charge < -0.3 is 14.8 Å². The van der Waals surface area contributed by atoms with Crippen LogP contribution in [0.15, 0.2) is 35.1 Å². The summed E-state index contributed by atoms with van der Waals surface area (Å²) in [6.07, 6.45) is 0.600. The van der Waals surface area contributed by atoms with Crippen molar-refractivity contribution in [2.24, 2.45) is 0 Å². The first-order chi connectivity index (χ1) is 13.4. The molecule has 0 aliphatic rings. The fraction of sp³-hybridized carbons (Fsp3) is 0.263. The SMILES string of the molecule is CCc1cc(=O)[nH]c(-n2nc(C)cc2NC(=O)c2cc(OC)cc(OC)c2)n1. The molecule has 0 unspecified atom stereocenters. The van der Waals surface area contributed by atoms with Crippen molar-refractivity contribution in [1.29, 1.82) is 0 Å². The zero-order valence-electron chi connectivity index (χ0n) is 16.1. The molecule has 0 saturated heterocycles. The number of hydrogen-bond donors (Lipinski definition) is 2. The highest BCUT2D eigenvalue weighted by molar-refractivity contribution is 6.04. The van der Waals surface area contributed by atoms with E-state index in [-0.39, 0.29) is 17.4 Å². The largest absolute Gasteiger partial charge is 0.497 e. The maximum absolute atomic E-state index is 12.8. The smallest absolute Gasteiger partial charge is 0.257 e. The van der Waals surface area contributed by atoms with E-state index in [1.165, 1.54) is 25.0 Å². The number of aromatic nitrogens is 4. The van der Waals surface area contributed by atoms with Gasteiger partial charge >= 0.3 is 0 Å². The maximum Gasteiger partial charge on any atom is 0.257 e. The van der Waals surface area contributed by atoms with Crippen LogP contribution in [0.5, 0.6) is 11.5 Å². The molecule has 3 rings (SSSR count). The summed E-state index contributed by atoms with van der Waals surface area (Å²) in [4.78, 5) is 31.7.